The summed E-state index contributed by atoms with van der Waals surface area (Å²) in [4.78, 5) is 19.5. The second-order valence-corrected chi connectivity index (χ2v) is 2.48. The molecule has 0 radical (unpaired) electrons. The Morgan fingerprint density at radius 1 is 1.13 bits per heavy atom. The molecule has 6 nitrogen and oxygen atoms in total. The van der Waals surface area contributed by atoms with Crippen molar-refractivity contribution < 1.29 is 28.9 Å². The van der Waals surface area contributed by atoms with Crippen LogP contribution in [0.25, 0.3) is 0 Å². The van der Waals surface area contributed by atoms with Crippen molar-refractivity contribution in [1.29, 1.82) is 0 Å². The van der Waals surface area contributed by atoms with Gasteiger partial charge in [-0.25, -0.2) is 9.59 Å². The second-order valence-electron chi connectivity index (χ2n) is 2.48. The number of rotatable bonds is 4. The van der Waals surface area contributed by atoms with E-state index in [1.54, 1.807) is 0 Å². The predicted molar refractivity (Wildman–Crippen MR) is 52.9 cm³/mol. The van der Waals surface area contributed by atoms with Gasteiger partial charge in [-0.05, 0) is 6.42 Å². The zero-order valence-corrected chi connectivity index (χ0v) is 9.32. The molecule has 15 heavy (non-hydrogen) atoms. The molecule has 0 amide bonds. The minimum absolute atomic E-state index is 0.473. The summed E-state index contributed by atoms with van der Waals surface area (Å²) in [5.41, 5.74) is 0. The monoisotopic (exact) mass is 222 g/mol. The van der Waals surface area contributed by atoms with Crippen LogP contribution < -0.4 is 0 Å². The quantitative estimate of drug-likeness (QED) is 0.580. The first-order chi connectivity index (χ1) is 7.08. The molecule has 0 aromatic rings. The van der Waals surface area contributed by atoms with Crippen molar-refractivity contribution in [2.45, 2.75) is 26.2 Å². The Bertz CT molecular complexity index is 168. The van der Waals surface area contributed by atoms with Gasteiger partial charge in [-0.2, -0.15) is 0 Å². The maximum atomic E-state index is 10.3. The zero-order chi connectivity index (χ0) is 12.1. The highest BCUT2D eigenvalue weighted by Crippen LogP contribution is 1.94. The molecule has 0 rings (SSSR count). The summed E-state index contributed by atoms with van der Waals surface area (Å²) in [6.45, 7) is 2.57. The maximum Gasteiger partial charge on any atom is 0.507 e. The molecule has 90 valence electrons. The maximum absolute atomic E-state index is 10.3. The van der Waals surface area contributed by atoms with Gasteiger partial charge in [0.05, 0.1) is 20.8 Å². The molecule has 0 bridgehead atoms. The van der Waals surface area contributed by atoms with Crippen molar-refractivity contribution in [2.24, 2.45) is 0 Å². The van der Waals surface area contributed by atoms with Gasteiger partial charge in [0.1, 0.15) is 0 Å². The van der Waals surface area contributed by atoms with E-state index in [9.17, 15) is 4.79 Å². The Morgan fingerprint density at radius 3 is 2.00 bits per heavy atom. The lowest BCUT2D eigenvalue weighted by Gasteiger charge is -2.00. The van der Waals surface area contributed by atoms with Gasteiger partial charge in [-0.1, -0.05) is 19.8 Å². The molecule has 0 spiro atoms. The largest absolute Gasteiger partial charge is 0.507 e. The smallest absolute Gasteiger partial charge is 0.450 e. The Morgan fingerprint density at radius 2 is 1.67 bits per heavy atom. The van der Waals surface area contributed by atoms with Crippen LogP contribution >= 0.6 is 0 Å². The minimum Gasteiger partial charge on any atom is -0.450 e. The van der Waals surface area contributed by atoms with E-state index in [1.807, 2.05) is 0 Å². The molecule has 0 aromatic carbocycles. The molecule has 0 atom stereocenters. The molecular weight excluding hydrogens is 204 g/mol. The first kappa shape index (κ1) is 16.0. The minimum atomic E-state index is -1.25. The molecule has 0 saturated carbocycles. The van der Waals surface area contributed by atoms with Crippen LogP contribution in [0.2, 0.25) is 0 Å². The van der Waals surface area contributed by atoms with Gasteiger partial charge < -0.3 is 19.3 Å². The van der Waals surface area contributed by atoms with E-state index in [0.29, 0.717) is 6.61 Å². The number of carbonyl (C=O) groups excluding carboxylic acids is 1. The van der Waals surface area contributed by atoms with Gasteiger partial charge in [-0.3, -0.25) is 0 Å². The van der Waals surface area contributed by atoms with Crippen LogP contribution in [0.3, 0.4) is 0 Å². The van der Waals surface area contributed by atoms with Crippen LogP contribution in [-0.2, 0) is 14.2 Å². The Labute approximate surface area is 89.1 Å². The van der Waals surface area contributed by atoms with Gasteiger partial charge in [0, 0.05) is 0 Å². The lowest BCUT2D eigenvalue weighted by molar-refractivity contribution is 0.0714. The van der Waals surface area contributed by atoms with E-state index in [2.05, 4.69) is 21.1 Å². The van der Waals surface area contributed by atoms with E-state index in [4.69, 9.17) is 9.90 Å². The van der Waals surface area contributed by atoms with Gasteiger partial charge in [0.2, 0.25) is 0 Å². The van der Waals surface area contributed by atoms with Gasteiger partial charge >= 0.3 is 12.3 Å². The normalized spacial score (nSPS) is 8.20. The van der Waals surface area contributed by atoms with Crippen LogP contribution in [0.1, 0.15) is 26.2 Å². The molecular formula is C9H18O6. The summed E-state index contributed by atoms with van der Waals surface area (Å²) in [6, 6.07) is 0. The van der Waals surface area contributed by atoms with Crippen molar-refractivity contribution >= 4 is 12.3 Å². The summed E-state index contributed by atoms with van der Waals surface area (Å²) >= 11 is 0. The van der Waals surface area contributed by atoms with Crippen molar-refractivity contribution in [1.82, 2.24) is 0 Å². The van der Waals surface area contributed by atoms with Gasteiger partial charge in [0.25, 0.3) is 0 Å². The fourth-order valence-electron chi connectivity index (χ4n) is 0.566. The van der Waals surface area contributed by atoms with Crippen LogP contribution in [0, 0.1) is 0 Å². The van der Waals surface area contributed by atoms with E-state index in [0.717, 1.165) is 26.4 Å². The molecule has 0 aliphatic carbocycles. The van der Waals surface area contributed by atoms with E-state index < -0.39 is 12.3 Å². The Balaban J connectivity index is 0. The highest BCUT2D eigenvalue weighted by molar-refractivity contribution is 5.59. The molecule has 6 heteroatoms. The number of hydrogen-bond acceptors (Lipinski definition) is 5. The Hall–Kier alpha value is -1.46. The van der Waals surface area contributed by atoms with E-state index in [-0.39, 0.29) is 0 Å². The fraction of sp³-hybridized carbons (Fsp3) is 0.778. The van der Waals surface area contributed by atoms with E-state index in [1.165, 1.54) is 7.11 Å². The standard InChI is InChI=1S/C7H14O3.C2H4O3/c1-3-4-5-6-10-7(8)9-2;1-5-2(3)4/h3-6H2,1-2H3;1H3,(H,3,4). The van der Waals surface area contributed by atoms with Gasteiger partial charge in [0.15, 0.2) is 0 Å². The fourth-order valence-corrected chi connectivity index (χ4v) is 0.566. The summed E-state index contributed by atoms with van der Waals surface area (Å²) < 4.78 is 12.6. The van der Waals surface area contributed by atoms with Crippen molar-refractivity contribution in [3.05, 3.63) is 0 Å². The number of ether oxygens (including phenoxy) is 3. The molecule has 0 fully saturated rings. The highest BCUT2D eigenvalue weighted by Gasteiger charge is 1.97. The topological polar surface area (TPSA) is 82.1 Å². The van der Waals surface area contributed by atoms with Crippen molar-refractivity contribution in [3.8, 4) is 0 Å². The number of carbonyl (C=O) groups is 2. The summed E-state index contributed by atoms with van der Waals surface area (Å²) in [5, 5.41) is 7.50. The third-order valence-electron chi connectivity index (χ3n) is 1.31. The lowest BCUT2D eigenvalue weighted by atomic mass is 10.3. The average molecular weight is 222 g/mol. The SMILES string of the molecule is CCCCCOC(=O)OC.COC(=O)O. The van der Waals surface area contributed by atoms with Crippen LogP contribution in [0.15, 0.2) is 0 Å². The molecule has 0 saturated heterocycles. The van der Waals surface area contributed by atoms with Crippen LogP contribution in [0.5, 0.6) is 0 Å². The molecule has 1 N–H and O–H groups in total. The first-order valence-corrected chi connectivity index (χ1v) is 4.56. The molecule has 0 heterocycles. The highest BCUT2D eigenvalue weighted by atomic mass is 16.7. The lowest BCUT2D eigenvalue weighted by Crippen LogP contribution is -2.04. The third-order valence-corrected chi connectivity index (χ3v) is 1.31. The third kappa shape index (κ3) is 19.1. The van der Waals surface area contributed by atoms with Gasteiger partial charge in [-0.15, -0.1) is 0 Å². The van der Waals surface area contributed by atoms with Crippen molar-refractivity contribution in [2.75, 3.05) is 20.8 Å². The van der Waals surface area contributed by atoms with Crippen LogP contribution in [0.4, 0.5) is 9.59 Å². The zero-order valence-electron chi connectivity index (χ0n) is 9.32. The summed E-state index contributed by atoms with van der Waals surface area (Å²) in [5.74, 6) is 0. The number of carboxylic acid groups (broad SMARTS) is 1. The van der Waals surface area contributed by atoms with Crippen molar-refractivity contribution in [3.63, 3.8) is 0 Å². The molecule has 0 aliphatic rings. The average Bonchev–Trinajstić information content (AvgIpc) is 2.24. The molecule has 0 aliphatic heterocycles. The van der Waals surface area contributed by atoms with Crippen LogP contribution in [-0.4, -0.2) is 38.2 Å². The number of methoxy groups -OCH3 is 2. The number of hydrogen-bond donors (Lipinski definition) is 1. The number of unbranched alkanes of at least 4 members (excludes halogenated alkanes) is 2. The van der Waals surface area contributed by atoms with E-state index >= 15 is 0 Å². The Kier molecular flexibility index (Phi) is 13.4. The first-order valence-electron chi connectivity index (χ1n) is 4.56. The second kappa shape index (κ2) is 12.5. The molecule has 0 unspecified atom stereocenters. The summed E-state index contributed by atoms with van der Waals surface area (Å²) in [6.07, 6.45) is 1.31. The summed E-state index contributed by atoms with van der Waals surface area (Å²) in [7, 11) is 2.41. The predicted octanol–water partition coefficient (Wildman–Crippen LogP) is 2.27. The molecule has 0 aromatic heterocycles.